The highest BCUT2D eigenvalue weighted by Gasteiger charge is 2.10. The number of carbonyl (C=O) groups is 1. The summed E-state index contributed by atoms with van der Waals surface area (Å²) in [6.07, 6.45) is 5.14. The number of anilines is 1. The van der Waals surface area contributed by atoms with E-state index in [0.717, 1.165) is 5.76 Å². The molecule has 7 nitrogen and oxygen atoms in total. The molecule has 2 aromatic heterocycles. The Morgan fingerprint density at radius 2 is 2.19 bits per heavy atom. The molecule has 3 aromatic rings. The molecule has 2 heterocycles. The summed E-state index contributed by atoms with van der Waals surface area (Å²) in [4.78, 5) is 16.4. The number of rotatable bonds is 8. The topological polar surface area (TPSA) is 93.0 Å². The summed E-state index contributed by atoms with van der Waals surface area (Å²) in [6, 6.07) is 11.0. The van der Waals surface area contributed by atoms with Crippen LogP contribution < -0.4 is 10.1 Å². The van der Waals surface area contributed by atoms with E-state index in [9.17, 15) is 4.79 Å². The van der Waals surface area contributed by atoms with Crippen molar-refractivity contribution in [2.24, 2.45) is 0 Å². The molecule has 0 spiro atoms. The van der Waals surface area contributed by atoms with Gasteiger partial charge in [0, 0.05) is 0 Å². The average Bonchev–Trinajstić information content (AvgIpc) is 3.32. The highest BCUT2D eigenvalue weighted by Crippen LogP contribution is 2.24. The predicted molar refractivity (Wildman–Crippen MR) is 101 cm³/mol. The molecule has 0 bridgehead atoms. The number of thioether (sulfide) groups is 1. The van der Waals surface area contributed by atoms with Gasteiger partial charge >= 0.3 is 0 Å². The number of aromatic amines is 1. The fourth-order valence-electron chi connectivity index (χ4n) is 2.11. The molecular formula is C18H18N4O3S. The van der Waals surface area contributed by atoms with Crippen LogP contribution in [0.25, 0.3) is 12.2 Å². The van der Waals surface area contributed by atoms with E-state index in [1.54, 1.807) is 24.5 Å². The van der Waals surface area contributed by atoms with E-state index < -0.39 is 0 Å². The highest BCUT2D eigenvalue weighted by molar-refractivity contribution is 7.99. The van der Waals surface area contributed by atoms with Crippen LogP contribution in [-0.2, 0) is 4.79 Å². The van der Waals surface area contributed by atoms with Gasteiger partial charge in [-0.1, -0.05) is 23.9 Å². The molecular weight excluding hydrogens is 352 g/mol. The number of aromatic nitrogens is 3. The molecule has 26 heavy (non-hydrogen) atoms. The van der Waals surface area contributed by atoms with Gasteiger partial charge in [-0.25, -0.2) is 4.98 Å². The van der Waals surface area contributed by atoms with Crippen molar-refractivity contribution in [3.05, 3.63) is 54.2 Å². The minimum absolute atomic E-state index is 0.153. The van der Waals surface area contributed by atoms with Gasteiger partial charge in [0.25, 0.3) is 0 Å². The number of carbonyl (C=O) groups excluding carboxylic acids is 1. The van der Waals surface area contributed by atoms with Crippen LogP contribution in [0.1, 0.15) is 18.5 Å². The largest absolute Gasteiger partial charge is 0.492 e. The Morgan fingerprint density at radius 1 is 1.31 bits per heavy atom. The van der Waals surface area contributed by atoms with Gasteiger partial charge in [0.15, 0.2) is 0 Å². The number of ether oxygens (including phenoxy) is 1. The van der Waals surface area contributed by atoms with Crippen molar-refractivity contribution in [2.75, 3.05) is 17.7 Å². The fraction of sp³-hybridized carbons (Fsp3) is 0.167. The van der Waals surface area contributed by atoms with Crippen molar-refractivity contribution in [3.8, 4) is 5.75 Å². The zero-order valence-electron chi connectivity index (χ0n) is 14.1. The van der Waals surface area contributed by atoms with Crippen molar-refractivity contribution < 1.29 is 13.9 Å². The Morgan fingerprint density at radius 3 is 3.00 bits per heavy atom. The molecule has 0 aliphatic heterocycles. The van der Waals surface area contributed by atoms with E-state index in [-0.39, 0.29) is 11.7 Å². The lowest BCUT2D eigenvalue weighted by Crippen LogP contribution is -2.15. The third-order valence-electron chi connectivity index (χ3n) is 3.22. The van der Waals surface area contributed by atoms with Crippen LogP contribution in [0.15, 0.2) is 52.2 Å². The van der Waals surface area contributed by atoms with Crippen LogP contribution >= 0.6 is 11.8 Å². The first kappa shape index (κ1) is 17.8. The first-order valence-electron chi connectivity index (χ1n) is 8.03. The third kappa shape index (κ3) is 5.00. The van der Waals surface area contributed by atoms with Gasteiger partial charge in [0.2, 0.25) is 11.1 Å². The van der Waals surface area contributed by atoms with Gasteiger partial charge in [-0.15, -0.1) is 5.10 Å². The van der Waals surface area contributed by atoms with Gasteiger partial charge in [-0.2, -0.15) is 0 Å². The van der Waals surface area contributed by atoms with Crippen molar-refractivity contribution in [1.29, 1.82) is 0 Å². The Hall–Kier alpha value is -3.00. The van der Waals surface area contributed by atoms with E-state index >= 15 is 0 Å². The lowest BCUT2D eigenvalue weighted by atomic mass is 10.3. The molecule has 134 valence electrons. The van der Waals surface area contributed by atoms with Gasteiger partial charge in [0.1, 0.15) is 17.3 Å². The Bertz CT molecular complexity index is 874. The first-order chi connectivity index (χ1) is 12.7. The smallest absolute Gasteiger partial charge is 0.234 e. The van der Waals surface area contributed by atoms with E-state index in [1.165, 1.54) is 11.8 Å². The lowest BCUT2D eigenvalue weighted by Gasteiger charge is -2.10. The van der Waals surface area contributed by atoms with E-state index in [1.807, 2.05) is 37.3 Å². The van der Waals surface area contributed by atoms with Crippen molar-refractivity contribution >= 4 is 35.5 Å². The second-order valence-corrected chi connectivity index (χ2v) is 6.06. The van der Waals surface area contributed by atoms with Crippen molar-refractivity contribution in [3.63, 3.8) is 0 Å². The minimum Gasteiger partial charge on any atom is -0.492 e. The minimum atomic E-state index is -0.153. The lowest BCUT2D eigenvalue weighted by molar-refractivity contribution is -0.113. The number of amides is 1. The standard InChI is InChI=1S/C18H18N4O3S/c1-2-24-15-8-4-3-7-14(15)19-17(23)12-26-18-20-16(21-22-18)10-9-13-6-5-11-25-13/h3-11H,2,12H2,1H3,(H,19,23)(H,20,21,22). The number of hydrogen-bond donors (Lipinski definition) is 2. The van der Waals surface area contributed by atoms with E-state index in [4.69, 9.17) is 9.15 Å². The van der Waals surface area contributed by atoms with Gasteiger partial charge in [0.05, 0.1) is 24.3 Å². The van der Waals surface area contributed by atoms with Gasteiger partial charge in [-0.3, -0.25) is 9.89 Å². The van der Waals surface area contributed by atoms with E-state index in [0.29, 0.717) is 29.0 Å². The molecule has 0 unspecified atom stereocenters. The molecule has 0 saturated heterocycles. The number of benzene rings is 1. The maximum atomic E-state index is 12.2. The Kier molecular flexibility index (Phi) is 6.10. The number of para-hydroxylation sites is 2. The quantitative estimate of drug-likeness (QED) is 0.587. The van der Waals surface area contributed by atoms with Crippen LogP contribution in [0.2, 0.25) is 0 Å². The fourth-order valence-corrected chi connectivity index (χ4v) is 2.72. The SMILES string of the molecule is CCOc1ccccc1NC(=O)CSc1n[nH]c(C=Cc2ccco2)n1. The van der Waals surface area contributed by atoms with E-state index in [2.05, 4.69) is 20.5 Å². The van der Waals surface area contributed by atoms with Gasteiger partial charge < -0.3 is 14.5 Å². The molecule has 1 aromatic carbocycles. The van der Waals surface area contributed by atoms with Crippen LogP contribution in [0.4, 0.5) is 5.69 Å². The van der Waals surface area contributed by atoms with Crippen LogP contribution in [-0.4, -0.2) is 33.4 Å². The molecule has 0 aliphatic rings. The molecule has 0 fully saturated rings. The molecule has 8 heteroatoms. The first-order valence-corrected chi connectivity index (χ1v) is 9.01. The molecule has 0 atom stereocenters. The highest BCUT2D eigenvalue weighted by atomic mass is 32.2. The molecule has 3 rings (SSSR count). The third-order valence-corrected chi connectivity index (χ3v) is 4.07. The average molecular weight is 370 g/mol. The monoisotopic (exact) mass is 370 g/mol. The number of nitrogens with one attached hydrogen (secondary N) is 2. The molecule has 0 radical (unpaired) electrons. The predicted octanol–water partition coefficient (Wildman–Crippen LogP) is 3.70. The summed E-state index contributed by atoms with van der Waals surface area (Å²) in [7, 11) is 0. The molecule has 1 amide bonds. The second kappa shape index (κ2) is 8.91. The number of nitrogens with zero attached hydrogens (tertiary/aromatic N) is 2. The summed E-state index contributed by atoms with van der Waals surface area (Å²) in [6.45, 7) is 2.43. The maximum Gasteiger partial charge on any atom is 0.234 e. The zero-order chi connectivity index (χ0) is 18.2. The number of furan rings is 1. The van der Waals surface area contributed by atoms with Crippen LogP contribution in [0.5, 0.6) is 5.75 Å². The maximum absolute atomic E-state index is 12.2. The Balaban J connectivity index is 1.52. The van der Waals surface area contributed by atoms with Crippen LogP contribution in [0.3, 0.4) is 0 Å². The molecule has 0 saturated carbocycles. The summed E-state index contributed by atoms with van der Waals surface area (Å²) < 4.78 is 10.7. The van der Waals surface area contributed by atoms with Gasteiger partial charge in [-0.05, 0) is 43.3 Å². The summed E-state index contributed by atoms with van der Waals surface area (Å²) in [5.41, 5.74) is 0.650. The zero-order valence-corrected chi connectivity index (χ0v) is 15.0. The second-order valence-electron chi connectivity index (χ2n) is 5.12. The summed E-state index contributed by atoms with van der Waals surface area (Å²) in [5.74, 6) is 2.00. The number of hydrogen-bond acceptors (Lipinski definition) is 6. The van der Waals surface area contributed by atoms with Crippen molar-refractivity contribution in [2.45, 2.75) is 12.1 Å². The van der Waals surface area contributed by atoms with Crippen LogP contribution in [0, 0.1) is 0 Å². The molecule has 2 N–H and O–H groups in total. The summed E-state index contributed by atoms with van der Waals surface area (Å²) >= 11 is 1.25. The summed E-state index contributed by atoms with van der Waals surface area (Å²) in [5, 5.41) is 10.2. The normalized spacial score (nSPS) is 11.0. The molecule has 0 aliphatic carbocycles. The Labute approximate surface area is 154 Å². The number of H-pyrrole nitrogens is 1. The van der Waals surface area contributed by atoms with Crippen molar-refractivity contribution in [1.82, 2.24) is 15.2 Å².